The summed E-state index contributed by atoms with van der Waals surface area (Å²) in [5.41, 5.74) is -1.30. The van der Waals surface area contributed by atoms with Crippen LogP contribution in [0.5, 0.6) is 0 Å². The van der Waals surface area contributed by atoms with Crippen LogP contribution in [0.15, 0.2) is 47.4 Å². The highest BCUT2D eigenvalue weighted by Crippen LogP contribution is 2.39. The van der Waals surface area contributed by atoms with Gasteiger partial charge in [-0.3, -0.25) is 10.1 Å². The number of carbonyl (C=O) groups is 1. The minimum Gasteiger partial charge on any atom is -0.319 e. The smallest absolute Gasteiger partial charge is 0.319 e. The van der Waals surface area contributed by atoms with E-state index in [1.165, 1.54) is 28.6 Å². The summed E-state index contributed by atoms with van der Waals surface area (Å²) < 4.78 is 67.8. The van der Waals surface area contributed by atoms with Crippen molar-refractivity contribution in [2.24, 2.45) is 5.92 Å². The number of sulfonamides is 1. The highest BCUT2D eigenvalue weighted by atomic mass is 35.5. The lowest BCUT2D eigenvalue weighted by molar-refractivity contribution is -0.137. The molecule has 0 saturated carbocycles. The molecule has 1 atom stereocenters. The van der Waals surface area contributed by atoms with Gasteiger partial charge in [-0.05, 0) is 55.0 Å². The predicted octanol–water partition coefficient (Wildman–Crippen LogP) is 5.54. The van der Waals surface area contributed by atoms with Crippen molar-refractivity contribution in [3.63, 3.8) is 0 Å². The fourth-order valence-electron chi connectivity index (χ4n) is 5.09. The van der Waals surface area contributed by atoms with Crippen LogP contribution in [0.2, 0.25) is 10.0 Å². The van der Waals surface area contributed by atoms with Gasteiger partial charge in [0.05, 0.1) is 27.3 Å². The second-order valence-electron chi connectivity index (χ2n) is 9.94. The summed E-state index contributed by atoms with van der Waals surface area (Å²) >= 11 is 12.2. The summed E-state index contributed by atoms with van der Waals surface area (Å²) in [7, 11) is -3.95. The predicted molar refractivity (Wildman–Crippen MR) is 136 cm³/mol. The lowest BCUT2D eigenvalue weighted by atomic mass is 9.96. The van der Waals surface area contributed by atoms with Crippen molar-refractivity contribution in [1.29, 1.82) is 0 Å². The van der Waals surface area contributed by atoms with E-state index in [1.54, 1.807) is 11.0 Å². The van der Waals surface area contributed by atoms with Crippen LogP contribution in [0.4, 0.5) is 13.2 Å². The Kier molecular flexibility index (Phi) is 7.90. The third kappa shape index (κ3) is 5.63. The van der Waals surface area contributed by atoms with Crippen LogP contribution >= 0.6 is 23.2 Å². The van der Waals surface area contributed by atoms with Crippen molar-refractivity contribution in [2.45, 2.75) is 62.4 Å². The van der Waals surface area contributed by atoms with Crippen LogP contribution in [-0.4, -0.2) is 48.3 Å². The Labute approximate surface area is 224 Å². The lowest BCUT2D eigenvalue weighted by Gasteiger charge is -2.44. The Balaban J connectivity index is 1.61. The Morgan fingerprint density at radius 1 is 1.11 bits per heavy atom. The number of amides is 1. The first-order valence-corrected chi connectivity index (χ1v) is 14.1. The van der Waals surface area contributed by atoms with E-state index < -0.39 is 33.5 Å². The summed E-state index contributed by atoms with van der Waals surface area (Å²) in [6.45, 7) is 4.15. The summed E-state index contributed by atoms with van der Waals surface area (Å²) in [5.74, 6) is 0.0118. The van der Waals surface area contributed by atoms with Crippen LogP contribution in [0.25, 0.3) is 0 Å². The molecule has 2 heterocycles. The molecule has 1 spiro atoms. The van der Waals surface area contributed by atoms with E-state index in [4.69, 9.17) is 23.2 Å². The number of halogens is 5. The molecule has 1 amide bonds. The van der Waals surface area contributed by atoms with E-state index in [-0.39, 0.29) is 59.2 Å². The van der Waals surface area contributed by atoms with Crippen molar-refractivity contribution >= 4 is 39.1 Å². The number of alkyl halides is 3. The number of piperidine rings is 1. The second-order valence-corrected chi connectivity index (χ2v) is 12.6. The number of rotatable bonds is 6. The van der Waals surface area contributed by atoms with Gasteiger partial charge in [-0.2, -0.15) is 17.5 Å². The summed E-state index contributed by atoms with van der Waals surface area (Å²) in [6, 6.07) is 8.84. The third-order valence-corrected chi connectivity index (χ3v) is 9.78. The second kappa shape index (κ2) is 10.4. The molecular formula is C25H28Cl2F3N3O3S. The van der Waals surface area contributed by atoms with Gasteiger partial charge in [0, 0.05) is 19.6 Å². The molecule has 202 valence electrons. The molecule has 37 heavy (non-hydrogen) atoms. The first-order valence-electron chi connectivity index (χ1n) is 11.9. The van der Waals surface area contributed by atoms with Gasteiger partial charge in [0.1, 0.15) is 4.90 Å². The number of benzene rings is 2. The SMILES string of the molecule is CC(C)C[C@@H]1NC2(CCN(S(=O)(=O)c3cccc(Cl)c3Cl)CC2)N(Cc2cccc(C(F)(F)F)c2)C1=O. The summed E-state index contributed by atoms with van der Waals surface area (Å²) in [5, 5.41) is 3.49. The number of hydrogen-bond donors (Lipinski definition) is 1. The van der Waals surface area contributed by atoms with Crippen molar-refractivity contribution < 1.29 is 26.4 Å². The van der Waals surface area contributed by atoms with Crippen molar-refractivity contribution in [3.05, 3.63) is 63.6 Å². The average molecular weight is 578 g/mol. The standard InChI is InChI=1S/C25H28Cl2F3N3O3S/c1-16(2)13-20-23(34)33(15-17-5-3-6-18(14-17)25(28,29)30)24(31-20)9-11-32(12-10-24)37(35,36)21-8-4-7-19(26)22(21)27/h3-8,14,16,20,31H,9-13,15H2,1-2H3/t20-/m0/s1. The topological polar surface area (TPSA) is 69.7 Å². The van der Waals surface area contributed by atoms with E-state index in [0.717, 1.165) is 12.1 Å². The van der Waals surface area contributed by atoms with Crippen LogP contribution in [0, 0.1) is 5.92 Å². The molecule has 1 N–H and O–H groups in total. The molecule has 2 aliphatic rings. The summed E-state index contributed by atoms with van der Waals surface area (Å²) in [4.78, 5) is 15.0. The number of nitrogens with zero attached hydrogens (tertiary/aromatic N) is 2. The van der Waals surface area contributed by atoms with Gasteiger partial charge >= 0.3 is 6.18 Å². The molecule has 2 saturated heterocycles. The number of carbonyl (C=O) groups excluding carboxylic acids is 1. The average Bonchev–Trinajstić information content (AvgIpc) is 3.05. The van der Waals surface area contributed by atoms with Crippen LogP contribution < -0.4 is 5.32 Å². The third-order valence-electron chi connectivity index (χ3n) is 6.91. The first-order chi connectivity index (χ1) is 17.2. The maximum absolute atomic E-state index is 13.5. The molecule has 2 aliphatic heterocycles. The van der Waals surface area contributed by atoms with E-state index in [9.17, 15) is 26.4 Å². The Bertz CT molecular complexity index is 1280. The fraction of sp³-hybridized carbons (Fsp3) is 0.480. The van der Waals surface area contributed by atoms with Gasteiger partial charge in [-0.15, -0.1) is 0 Å². The van der Waals surface area contributed by atoms with E-state index >= 15 is 0 Å². The quantitative estimate of drug-likeness (QED) is 0.489. The monoisotopic (exact) mass is 577 g/mol. The number of hydrogen-bond acceptors (Lipinski definition) is 4. The molecule has 2 aromatic carbocycles. The van der Waals surface area contributed by atoms with Gasteiger partial charge < -0.3 is 4.90 Å². The zero-order valence-electron chi connectivity index (χ0n) is 20.4. The maximum Gasteiger partial charge on any atom is 0.416 e. The molecule has 0 aliphatic carbocycles. The normalized spacial score (nSPS) is 20.8. The van der Waals surface area contributed by atoms with Gasteiger partial charge in [0.2, 0.25) is 15.9 Å². The zero-order chi connectivity index (χ0) is 27.2. The maximum atomic E-state index is 13.5. The molecule has 0 aromatic heterocycles. The van der Waals surface area contributed by atoms with E-state index in [0.29, 0.717) is 12.0 Å². The number of nitrogens with one attached hydrogen (secondary N) is 1. The van der Waals surface area contributed by atoms with Crippen molar-refractivity contribution in [2.75, 3.05) is 13.1 Å². The largest absolute Gasteiger partial charge is 0.416 e. The molecule has 12 heteroatoms. The highest BCUT2D eigenvalue weighted by molar-refractivity contribution is 7.89. The lowest BCUT2D eigenvalue weighted by Crippen LogP contribution is -2.59. The van der Waals surface area contributed by atoms with Crippen LogP contribution in [-0.2, 0) is 27.5 Å². The van der Waals surface area contributed by atoms with E-state index in [2.05, 4.69) is 5.32 Å². The van der Waals surface area contributed by atoms with Gasteiger partial charge in [0.15, 0.2) is 0 Å². The Morgan fingerprint density at radius 3 is 2.38 bits per heavy atom. The molecule has 0 radical (unpaired) electrons. The molecule has 0 bridgehead atoms. The molecule has 6 nitrogen and oxygen atoms in total. The van der Waals surface area contributed by atoms with E-state index in [1.807, 2.05) is 13.8 Å². The molecular weight excluding hydrogens is 550 g/mol. The minimum absolute atomic E-state index is 0.0166. The fourth-order valence-corrected chi connectivity index (χ4v) is 7.26. The molecule has 4 rings (SSSR count). The zero-order valence-corrected chi connectivity index (χ0v) is 22.7. The minimum atomic E-state index is -4.50. The highest BCUT2D eigenvalue weighted by Gasteiger charge is 2.52. The van der Waals surface area contributed by atoms with Gasteiger partial charge in [-0.1, -0.05) is 55.2 Å². The van der Waals surface area contributed by atoms with Crippen molar-refractivity contribution in [3.8, 4) is 0 Å². The van der Waals surface area contributed by atoms with Crippen molar-refractivity contribution in [1.82, 2.24) is 14.5 Å². The molecule has 2 fully saturated rings. The van der Waals surface area contributed by atoms with Gasteiger partial charge in [0.25, 0.3) is 0 Å². The van der Waals surface area contributed by atoms with Crippen LogP contribution in [0.1, 0.15) is 44.2 Å². The Morgan fingerprint density at radius 2 is 1.76 bits per heavy atom. The summed E-state index contributed by atoms with van der Waals surface area (Å²) in [6.07, 6.45) is -3.41. The molecule has 0 unspecified atom stereocenters. The molecule has 2 aromatic rings. The first kappa shape index (κ1) is 28.2. The van der Waals surface area contributed by atoms with Gasteiger partial charge in [-0.25, -0.2) is 8.42 Å². The Hall–Kier alpha value is -1.85. The van der Waals surface area contributed by atoms with Crippen LogP contribution in [0.3, 0.4) is 0 Å².